The van der Waals surface area contributed by atoms with Crippen LogP contribution in [-0.2, 0) is 4.79 Å². The Hall–Kier alpha value is -1.86. The molecule has 4 nitrogen and oxygen atoms in total. The van der Waals surface area contributed by atoms with E-state index in [9.17, 15) is 4.79 Å². The number of likely N-dealkylation sites (tertiary alicyclic amines) is 1. The number of anilines is 1. The van der Waals surface area contributed by atoms with E-state index in [0.717, 1.165) is 25.2 Å². The molecular formula is C16H21N3O. The maximum Gasteiger partial charge on any atom is 0.224 e. The van der Waals surface area contributed by atoms with E-state index in [-0.39, 0.29) is 5.91 Å². The largest absolute Gasteiger partial charge is 0.326 e. The van der Waals surface area contributed by atoms with E-state index in [2.05, 4.69) is 23.3 Å². The number of nitrogens with one attached hydrogen (secondary N) is 1. The molecule has 0 aliphatic carbocycles. The molecule has 0 unspecified atom stereocenters. The molecule has 106 valence electrons. The van der Waals surface area contributed by atoms with Gasteiger partial charge in [-0.05, 0) is 69.6 Å². The molecule has 1 saturated heterocycles. The van der Waals surface area contributed by atoms with Crippen LogP contribution in [0.4, 0.5) is 5.69 Å². The van der Waals surface area contributed by atoms with Crippen LogP contribution in [0.2, 0.25) is 0 Å². The number of amides is 1. The van der Waals surface area contributed by atoms with E-state index in [0.29, 0.717) is 17.9 Å². The first-order valence-electron chi connectivity index (χ1n) is 7.16. The van der Waals surface area contributed by atoms with Crippen molar-refractivity contribution in [3.05, 3.63) is 29.8 Å². The van der Waals surface area contributed by atoms with Gasteiger partial charge in [0, 0.05) is 12.1 Å². The lowest BCUT2D eigenvalue weighted by Gasteiger charge is -2.28. The molecule has 0 atom stereocenters. The van der Waals surface area contributed by atoms with E-state index in [4.69, 9.17) is 5.26 Å². The molecule has 1 aromatic rings. The predicted molar refractivity (Wildman–Crippen MR) is 79.2 cm³/mol. The van der Waals surface area contributed by atoms with Crippen molar-refractivity contribution in [1.82, 2.24) is 4.90 Å². The van der Waals surface area contributed by atoms with Gasteiger partial charge < -0.3 is 10.2 Å². The van der Waals surface area contributed by atoms with Gasteiger partial charge in [-0.25, -0.2) is 0 Å². The number of nitrogens with zero attached hydrogens (tertiary/aromatic N) is 2. The molecule has 1 aliphatic heterocycles. The molecule has 4 heteroatoms. The first kappa shape index (κ1) is 14.5. The number of carbonyl (C=O) groups is 1. The average molecular weight is 271 g/mol. The fourth-order valence-electron chi connectivity index (χ4n) is 2.54. The standard InChI is InChI=1S/C16H21N3O/c1-19-10-8-13(9-11-19)4-7-16(20)18-15-5-2-14(12-17)3-6-15/h2-3,5-6,13H,4,7-11H2,1H3,(H,18,20). The molecule has 1 amide bonds. The zero-order chi connectivity index (χ0) is 14.4. The molecule has 0 spiro atoms. The summed E-state index contributed by atoms with van der Waals surface area (Å²) >= 11 is 0. The number of rotatable bonds is 4. The lowest BCUT2D eigenvalue weighted by Crippen LogP contribution is -2.30. The minimum Gasteiger partial charge on any atom is -0.326 e. The number of hydrogen-bond acceptors (Lipinski definition) is 3. The highest BCUT2D eigenvalue weighted by atomic mass is 16.1. The third-order valence-electron chi connectivity index (χ3n) is 3.92. The highest BCUT2D eigenvalue weighted by molar-refractivity contribution is 5.90. The molecule has 1 aromatic carbocycles. The van der Waals surface area contributed by atoms with Crippen molar-refractivity contribution in [2.45, 2.75) is 25.7 Å². The predicted octanol–water partition coefficient (Wildman–Crippen LogP) is 2.62. The summed E-state index contributed by atoms with van der Waals surface area (Å²) in [7, 11) is 2.15. The molecule has 0 saturated carbocycles. The first-order valence-corrected chi connectivity index (χ1v) is 7.16. The molecule has 1 aliphatic rings. The lowest BCUT2D eigenvalue weighted by molar-refractivity contribution is -0.116. The van der Waals surface area contributed by atoms with Gasteiger partial charge in [-0.2, -0.15) is 5.26 Å². The minimum absolute atomic E-state index is 0.0636. The van der Waals surface area contributed by atoms with Crippen LogP contribution in [0.15, 0.2) is 24.3 Å². The quantitative estimate of drug-likeness (QED) is 0.915. The summed E-state index contributed by atoms with van der Waals surface area (Å²) in [5, 5.41) is 11.6. The van der Waals surface area contributed by atoms with Gasteiger partial charge in [-0.1, -0.05) is 0 Å². The third kappa shape index (κ3) is 4.36. The minimum atomic E-state index is 0.0636. The Morgan fingerprint density at radius 1 is 1.35 bits per heavy atom. The van der Waals surface area contributed by atoms with Crippen molar-refractivity contribution in [2.75, 3.05) is 25.5 Å². The molecule has 2 rings (SSSR count). The Morgan fingerprint density at radius 2 is 2.00 bits per heavy atom. The van der Waals surface area contributed by atoms with Crippen LogP contribution in [0.1, 0.15) is 31.2 Å². The van der Waals surface area contributed by atoms with Gasteiger partial charge in [0.05, 0.1) is 11.6 Å². The summed E-state index contributed by atoms with van der Waals surface area (Å²) in [6.07, 6.45) is 3.94. The van der Waals surface area contributed by atoms with Crippen LogP contribution < -0.4 is 5.32 Å². The number of carbonyl (C=O) groups excluding carboxylic acids is 1. The van der Waals surface area contributed by atoms with Crippen LogP contribution in [0, 0.1) is 17.2 Å². The zero-order valence-electron chi connectivity index (χ0n) is 11.9. The topological polar surface area (TPSA) is 56.1 Å². The van der Waals surface area contributed by atoms with Gasteiger partial charge in [0.25, 0.3) is 0 Å². The molecule has 0 bridgehead atoms. The van der Waals surface area contributed by atoms with Crippen LogP contribution in [0.3, 0.4) is 0 Å². The van der Waals surface area contributed by atoms with Gasteiger partial charge in [-0.15, -0.1) is 0 Å². The number of piperidine rings is 1. The monoisotopic (exact) mass is 271 g/mol. The summed E-state index contributed by atoms with van der Waals surface area (Å²) in [6.45, 7) is 2.28. The summed E-state index contributed by atoms with van der Waals surface area (Å²) in [5.41, 5.74) is 1.37. The van der Waals surface area contributed by atoms with E-state index in [1.54, 1.807) is 24.3 Å². The SMILES string of the molecule is CN1CCC(CCC(=O)Nc2ccc(C#N)cc2)CC1. The van der Waals surface area contributed by atoms with Crippen LogP contribution in [0.5, 0.6) is 0 Å². The first-order chi connectivity index (χ1) is 9.67. The molecular weight excluding hydrogens is 250 g/mol. The van der Waals surface area contributed by atoms with E-state index >= 15 is 0 Å². The Labute approximate surface area is 120 Å². The van der Waals surface area contributed by atoms with E-state index < -0.39 is 0 Å². The van der Waals surface area contributed by atoms with Crippen molar-refractivity contribution in [1.29, 1.82) is 5.26 Å². The maximum atomic E-state index is 11.9. The summed E-state index contributed by atoms with van der Waals surface area (Å²) in [5.74, 6) is 0.742. The summed E-state index contributed by atoms with van der Waals surface area (Å²) in [6, 6.07) is 9.03. The number of nitriles is 1. The molecule has 0 radical (unpaired) electrons. The fraction of sp³-hybridized carbons (Fsp3) is 0.500. The van der Waals surface area contributed by atoms with Gasteiger partial charge in [0.1, 0.15) is 0 Å². The molecule has 1 N–H and O–H groups in total. The Morgan fingerprint density at radius 3 is 2.60 bits per heavy atom. The highest BCUT2D eigenvalue weighted by Gasteiger charge is 2.17. The van der Waals surface area contributed by atoms with Crippen LogP contribution in [0.25, 0.3) is 0 Å². The maximum absolute atomic E-state index is 11.9. The Bertz CT molecular complexity index is 481. The fourth-order valence-corrected chi connectivity index (χ4v) is 2.54. The lowest BCUT2D eigenvalue weighted by atomic mass is 9.92. The molecule has 1 fully saturated rings. The second-order valence-corrected chi connectivity index (χ2v) is 5.52. The highest BCUT2D eigenvalue weighted by Crippen LogP contribution is 2.21. The average Bonchev–Trinajstić information content (AvgIpc) is 2.47. The second kappa shape index (κ2) is 7.06. The van der Waals surface area contributed by atoms with E-state index in [1.165, 1.54) is 12.8 Å². The second-order valence-electron chi connectivity index (χ2n) is 5.52. The smallest absolute Gasteiger partial charge is 0.224 e. The van der Waals surface area contributed by atoms with Gasteiger partial charge in [0.15, 0.2) is 0 Å². The summed E-state index contributed by atoms with van der Waals surface area (Å²) < 4.78 is 0. The van der Waals surface area contributed by atoms with Crippen LogP contribution in [-0.4, -0.2) is 30.9 Å². The molecule has 20 heavy (non-hydrogen) atoms. The third-order valence-corrected chi connectivity index (χ3v) is 3.92. The van der Waals surface area contributed by atoms with Crippen molar-refractivity contribution in [3.8, 4) is 6.07 Å². The molecule has 1 heterocycles. The van der Waals surface area contributed by atoms with Gasteiger partial charge >= 0.3 is 0 Å². The van der Waals surface area contributed by atoms with Crippen molar-refractivity contribution in [2.24, 2.45) is 5.92 Å². The molecule has 0 aromatic heterocycles. The van der Waals surface area contributed by atoms with Crippen molar-refractivity contribution in [3.63, 3.8) is 0 Å². The number of hydrogen-bond donors (Lipinski definition) is 1. The van der Waals surface area contributed by atoms with Crippen molar-refractivity contribution < 1.29 is 4.79 Å². The van der Waals surface area contributed by atoms with Crippen molar-refractivity contribution >= 4 is 11.6 Å². The summed E-state index contributed by atoms with van der Waals surface area (Å²) in [4.78, 5) is 14.2. The Kier molecular flexibility index (Phi) is 5.14. The Balaban J connectivity index is 1.73. The number of benzene rings is 1. The van der Waals surface area contributed by atoms with Crippen LogP contribution >= 0.6 is 0 Å². The zero-order valence-corrected chi connectivity index (χ0v) is 11.9. The van der Waals surface area contributed by atoms with Gasteiger partial charge in [0.2, 0.25) is 5.91 Å². The van der Waals surface area contributed by atoms with Gasteiger partial charge in [-0.3, -0.25) is 4.79 Å². The normalized spacial score (nSPS) is 16.6. The van der Waals surface area contributed by atoms with E-state index in [1.807, 2.05) is 0 Å².